The van der Waals surface area contributed by atoms with E-state index in [1.54, 1.807) is 0 Å². The number of hydrogen-bond donors (Lipinski definition) is 0. The van der Waals surface area contributed by atoms with Crippen LogP contribution in [-0.4, -0.2) is 35.2 Å². The third-order valence-corrected chi connectivity index (χ3v) is 19.8. The molecule has 6 heteroatoms. The van der Waals surface area contributed by atoms with Gasteiger partial charge in [0.15, 0.2) is 0 Å². The number of rotatable bonds is 16. The van der Waals surface area contributed by atoms with Crippen LogP contribution in [0.5, 0.6) is 0 Å². The molecule has 0 rings (SSSR count). The van der Waals surface area contributed by atoms with E-state index in [0.717, 1.165) is 51.8 Å². The average molecular weight is 486 g/mol. The first-order valence-electron chi connectivity index (χ1n) is 10.8. The van der Waals surface area contributed by atoms with Gasteiger partial charge in [-0.3, -0.25) is 0 Å². The molecule has 0 amide bonds. The molecule has 152 valence electrons. The fraction of sp³-hybridized carbons (Fsp3) is 1.00. The molecule has 0 aliphatic rings. The summed E-state index contributed by atoms with van der Waals surface area (Å²) in [6.45, 7) is 13.9. The Kier molecular flexibility index (Phi) is 13.4. The normalized spacial score (nSPS) is 15.0. The van der Waals surface area contributed by atoms with Crippen LogP contribution in [0.25, 0.3) is 0 Å². The molecule has 0 saturated heterocycles. The van der Waals surface area contributed by atoms with Gasteiger partial charge in [0.05, 0.1) is 0 Å². The Morgan fingerprint density at radius 3 is 1.48 bits per heavy atom. The Balaban J connectivity index is 5.53. The monoisotopic (exact) mass is 487 g/mol. The average Bonchev–Trinajstić information content (AvgIpc) is 2.52. The van der Waals surface area contributed by atoms with E-state index in [4.69, 9.17) is 14.9 Å². The van der Waals surface area contributed by atoms with E-state index < -0.39 is 30.8 Å². The second kappa shape index (κ2) is 14.0. The van der Waals surface area contributed by atoms with Gasteiger partial charge in [0.2, 0.25) is 0 Å². The maximum absolute atomic E-state index is 13.2. The molecule has 0 aliphatic carbocycles. The van der Waals surface area contributed by atoms with Crippen LogP contribution in [0.1, 0.15) is 88.4 Å². The topological polar surface area (TPSA) is 44.8 Å². The number of unbranched alkanes of at least 4 members (excludes halogenated alkanes) is 3. The molecule has 0 aromatic carbocycles. The van der Waals surface area contributed by atoms with Crippen LogP contribution < -0.4 is 0 Å². The molecular weight excluding hydrogens is 442 g/mol. The van der Waals surface area contributed by atoms with Gasteiger partial charge in [0.25, 0.3) is 0 Å². The predicted molar refractivity (Wildman–Crippen MR) is 111 cm³/mol. The number of hydrogen-bond acceptors (Lipinski definition) is 4. The van der Waals surface area contributed by atoms with Crippen molar-refractivity contribution in [2.45, 2.75) is 113 Å². The summed E-state index contributed by atoms with van der Waals surface area (Å²) < 4.78 is 41.7. The fourth-order valence-electron chi connectivity index (χ4n) is 2.91. The summed E-state index contributed by atoms with van der Waals surface area (Å²) in [6.07, 6.45) is 6.29. The van der Waals surface area contributed by atoms with Crippen LogP contribution >= 0.6 is 7.82 Å². The minimum absolute atomic E-state index is 0.265. The molecule has 0 bridgehead atoms. The maximum atomic E-state index is 13.2. The first kappa shape index (κ1) is 23.9. The zero-order valence-corrected chi connectivity index (χ0v) is 21.4. The third-order valence-electron chi connectivity index (χ3n) is 4.20. The molecule has 0 fully saturated rings. The van der Waals surface area contributed by atoms with Gasteiger partial charge in [-0.25, -0.2) is 0 Å². The SMILES string of the molecule is [2H][C@H](OP(=O)(OC(C)C)OC(C)C)[Sn]([CH2]CCC)([CH2]CCC)[CH2]CCC. The summed E-state index contributed by atoms with van der Waals surface area (Å²) in [5.41, 5.74) is 0. The van der Waals surface area contributed by atoms with E-state index in [2.05, 4.69) is 20.8 Å². The van der Waals surface area contributed by atoms with Crippen LogP contribution in [0.3, 0.4) is 0 Å². The minimum atomic E-state index is -3.72. The zero-order valence-electron chi connectivity index (χ0n) is 18.7. The Morgan fingerprint density at radius 2 is 1.20 bits per heavy atom. The summed E-state index contributed by atoms with van der Waals surface area (Å²) in [6, 6.07) is 0. The molecule has 0 aromatic rings. The van der Waals surface area contributed by atoms with Gasteiger partial charge in [-0.15, -0.1) is 0 Å². The van der Waals surface area contributed by atoms with Crippen molar-refractivity contribution in [3.8, 4) is 0 Å². The van der Waals surface area contributed by atoms with Gasteiger partial charge in [-0.05, 0) is 0 Å². The van der Waals surface area contributed by atoms with E-state index >= 15 is 0 Å². The molecule has 1 atom stereocenters. The van der Waals surface area contributed by atoms with E-state index in [9.17, 15) is 4.57 Å². The van der Waals surface area contributed by atoms with Crippen LogP contribution in [0.2, 0.25) is 13.3 Å². The summed E-state index contributed by atoms with van der Waals surface area (Å²) in [4.78, 5) is 0. The third kappa shape index (κ3) is 12.1. The summed E-state index contributed by atoms with van der Waals surface area (Å²) in [5.74, 6) is 0. The van der Waals surface area contributed by atoms with Crippen LogP contribution in [0.4, 0.5) is 0 Å². The van der Waals surface area contributed by atoms with Gasteiger partial charge in [0.1, 0.15) is 0 Å². The fourth-order valence-corrected chi connectivity index (χ4v) is 19.7. The second-order valence-electron chi connectivity index (χ2n) is 7.65. The molecule has 0 saturated carbocycles. The van der Waals surface area contributed by atoms with Gasteiger partial charge in [0, 0.05) is 0 Å². The van der Waals surface area contributed by atoms with Crippen molar-refractivity contribution in [3.63, 3.8) is 0 Å². The first-order valence-corrected chi connectivity index (χ1v) is 19.4. The summed E-state index contributed by atoms with van der Waals surface area (Å²) in [7, 11) is -3.72. The van der Waals surface area contributed by atoms with E-state index in [1.165, 1.54) is 0 Å². The van der Waals surface area contributed by atoms with Crippen molar-refractivity contribution in [3.05, 3.63) is 0 Å². The van der Waals surface area contributed by atoms with E-state index in [0.29, 0.717) is 0 Å². The number of phosphoric ester groups is 1. The first-order chi connectivity index (χ1) is 12.1. The van der Waals surface area contributed by atoms with Crippen molar-refractivity contribution in [1.29, 1.82) is 0 Å². The molecule has 0 heterocycles. The van der Waals surface area contributed by atoms with Crippen molar-refractivity contribution in [2.24, 2.45) is 0 Å². The molecular formula is C19H43O4PSn. The van der Waals surface area contributed by atoms with Crippen molar-refractivity contribution in [2.75, 3.05) is 4.60 Å². The molecule has 0 aromatic heterocycles. The van der Waals surface area contributed by atoms with Gasteiger partial charge < -0.3 is 0 Å². The Hall–Kier alpha value is 0.909. The standard InChI is InChI=1S/C7H16O4P.3C4H9.Sn/c1-6(2)10-12(8,9-5)11-7(3)4;3*1-3-4-2;/h6-7H,5H2,1-4H3;3*1,3-4H2,2H3;/i5D;;;;. The quantitative estimate of drug-likeness (QED) is 0.169. The predicted octanol–water partition coefficient (Wildman–Crippen LogP) is 7.35. The van der Waals surface area contributed by atoms with Crippen LogP contribution in [-0.2, 0) is 18.1 Å². The van der Waals surface area contributed by atoms with Crippen LogP contribution in [0, 0.1) is 0 Å². The zero-order chi connectivity index (χ0) is 20.2. The molecule has 0 aliphatic heterocycles. The second-order valence-corrected chi connectivity index (χ2v) is 21.9. The Morgan fingerprint density at radius 1 is 0.840 bits per heavy atom. The van der Waals surface area contributed by atoms with E-state index in [-0.39, 0.29) is 12.2 Å². The summed E-state index contributed by atoms with van der Waals surface area (Å²) >= 11 is -2.97. The van der Waals surface area contributed by atoms with Gasteiger partial charge in [-0.2, -0.15) is 0 Å². The Labute approximate surface area is 162 Å². The molecule has 0 unspecified atom stereocenters. The molecule has 25 heavy (non-hydrogen) atoms. The van der Waals surface area contributed by atoms with Gasteiger partial charge in [-0.1, -0.05) is 0 Å². The van der Waals surface area contributed by atoms with E-state index in [1.807, 2.05) is 27.7 Å². The van der Waals surface area contributed by atoms with Crippen LogP contribution in [0.15, 0.2) is 0 Å². The Bertz CT molecular complexity index is 371. The van der Waals surface area contributed by atoms with Crippen molar-refractivity contribution < 1.29 is 19.5 Å². The van der Waals surface area contributed by atoms with Crippen molar-refractivity contribution >= 4 is 26.2 Å². The van der Waals surface area contributed by atoms with Gasteiger partial charge >= 0.3 is 163 Å². The molecule has 4 nitrogen and oxygen atoms in total. The molecule has 0 N–H and O–H groups in total. The summed E-state index contributed by atoms with van der Waals surface area (Å²) in [5, 5.41) is 0. The number of phosphoric acid groups is 1. The van der Waals surface area contributed by atoms with Crippen molar-refractivity contribution in [1.82, 2.24) is 0 Å². The molecule has 0 spiro atoms. The molecule has 0 radical (unpaired) electrons.